The zero-order chi connectivity index (χ0) is 18.5. The van der Waals surface area contributed by atoms with Crippen LogP contribution in [-0.4, -0.2) is 30.1 Å². The van der Waals surface area contributed by atoms with Crippen LogP contribution in [0.1, 0.15) is 16.1 Å². The number of hydrogen-bond donors (Lipinski definition) is 1. The number of benzene rings is 2. The van der Waals surface area contributed by atoms with Crippen LogP contribution in [0.3, 0.4) is 0 Å². The Balaban J connectivity index is 1.84. The molecule has 3 rings (SSSR count). The maximum atomic E-state index is 12.6. The molecule has 0 saturated carbocycles. The number of carbonyl (C=O) groups is 1. The van der Waals surface area contributed by atoms with E-state index in [0.29, 0.717) is 34.3 Å². The number of nitrogens with zero attached hydrogens (tertiary/aromatic N) is 2. The van der Waals surface area contributed by atoms with Crippen molar-refractivity contribution in [2.45, 2.75) is 6.92 Å². The molecular formula is C20H19N3O3. The lowest BCUT2D eigenvalue weighted by atomic mass is 10.1. The van der Waals surface area contributed by atoms with E-state index in [4.69, 9.17) is 9.47 Å². The molecule has 1 aromatic heterocycles. The van der Waals surface area contributed by atoms with E-state index in [9.17, 15) is 4.79 Å². The monoisotopic (exact) mass is 349 g/mol. The summed E-state index contributed by atoms with van der Waals surface area (Å²) in [5, 5.41) is 2.83. The molecule has 0 aliphatic rings. The molecule has 0 aliphatic carbocycles. The molecule has 0 aliphatic heterocycles. The van der Waals surface area contributed by atoms with Gasteiger partial charge in [-0.05, 0) is 6.92 Å². The predicted octanol–water partition coefficient (Wildman–Crippen LogP) is 3.72. The summed E-state index contributed by atoms with van der Waals surface area (Å²) in [7, 11) is 3.11. The minimum Gasteiger partial charge on any atom is -0.497 e. The molecule has 1 N–H and O–H groups in total. The highest BCUT2D eigenvalue weighted by molar-refractivity contribution is 6.05. The number of nitrogens with one attached hydrogen (secondary N) is 1. The highest BCUT2D eigenvalue weighted by Gasteiger charge is 2.14. The van der Waals surface area contributed by atoms with E-state index in [0.717, 1.165) is 5.56 Å². The van der Waals surface area contributed by atoms with Crippen molar-refractivity contribution in [3.63, 3.8) is 0 Å². The second kappa shape index (κ2) is 7.65. The molecule has 0 spiro atoms. The van der Waals surface area contributed by atoms with E-state index in [-0.39, 0.29) is 5.91 Å². The van der Waals surface area contributed by atoms with E-state index >= 15 is 0 Å². The van der Waals surface area contributed by atoms with Crippen LogP contribution in [0.4, 0.5) is 5.69 Å². The number of aryl methyl sites for hydroxylation is 1. The quantitative estimate of drug-likeness (QED) is 0.760. The molecule has 2 aromatic carbocycles. The summed E-state index contributed by atoms with van der Waals surface area (Å²) in [6, 6.07) is 14.8. The first-order valence-electron chi connectivity index (χ1n) is 8.04. The van der Waals surface area contributed by atoms with Crippen LogP contribution in [0, 0.1) is 6.92 Å². The lowest BCUT2D eigenvalue weighted by Crippen LogP contribution is -2.15. The molecule has 0 atom stereocenters. The van der Waals surface area contributed by atoms with Crippen LogP contribution < -0.4 is 14.8 Å². The van der Waals surface area contributed by atoms with Gasteiger partial charge in [-0.15, -0.1) is 0 Å². The Morgan fingerprint density at radius 1 is 1.00 bits per heavy atom. The highest BCUT2D eigenvalue weighted by atomic mass is 16.5. The normalized spacial score (nSPS) is 10.3. The van der Waals surface area contributed by atoms with Crippen LogP contribution >= 0.6 is 0 Å². The van der Waals surface area contributed by atoms with Crippen molar-refractivity contribution < 1.29 is 14.3 Å². The average Bonchev–Trinajstić information content (AvgIpc) is 2.68. The van der Waals surface area contributed by atoms with Crippen molar-refractivity contribution in [2.75, 3.05) is 19.5 Å². The minimum atomic E-state index is -0.294. The molecule has 0 bridgehead atoms. The van der Waals surface area contributed by atoms with Crippen molar-refractivity contribution in [3.8, 4) is 22.9 Å². The third kappa shape index (κ3) is 3.80. The SMILES string of the molecule is COc1cc(NC(=O)c2cnc(-c3ccccc3)nc2C)cc(OC)c1. The predicted molar refractivity (Wildman–Crippen MR) is 99.7 cm³/mol. The fraction of sp³-hybridized carbons (Fsp3) is 0.150. The Hall–Kier alpha value is -3.41. The van der Waals surface area contributed by atoms with E-state index in [1.54, 1.807) is 39.3 Å². The van der Waals surface area contributed by atoms with E-state index in [2.05, 4.69) is 15.3 Å². The Bertz CT molecular complexity index is 905. The third-order valence-corrected chi connectivity index (χ3v) is 3.87. The number of anilines is 1. The van der Waals surface area contributed by atoms with Gasteiger partial charge in [-0.1, -0.05) is 30.3 Å². The van der Waals surface area contributed by atoms with Gasteiger partial charge in [0.05, 0.1) is 25.5 Å². The lowest BCUT2D eigenvalue weighted by Gasteiger charge is -2.11. The molecule has 0 unspecified atom stereocenters. The minimum absolute atomic E-state index is 0.294. The second-order valence-corrected chi connectivity index (χ2v) is 5.61. The van der Waals surface area contributed by atoms with E-state index < -0.39 is 0 Å². The lowest BCUT2D eigenvalue weighted by molar-refractivity contribution is 0.102. The molecule has 132 valence electrons. The van der Waals surface area contributed by atoms with Crippen molar-refractivity contribution in [2.24, 2.45) is 0 Å². The van der Waals surface area contributed by atoms with Gasteiger partial charge >= 0.3 is 0 Å². The summed E-state index contributed by atoms with van der Waals surface area (Å²) in [6.45, 7) is 1.79. The van der Waals surface area contributed by atoms with Crippen LogP contribution in [0.15, 0.2) is 54.7 Å². The van der Waals surface area contributed by atoms with Crippen molar-refractivity contribution in [1.29, 1.82) is 0 Å². The fourth-order valence-corrected chi connectivity index (χ4v) is 2.49. The van der Waals surface area contributed by atoms with Gasteiger partial charge in [-0.25, -0.2) is 9.97 Å². The third-order valence-electron chi connectivity index (χ3n) is 3.87. The molecule has 26 heavy (non-hydrogen) atoms. The number of rotatable bonds is 5. The number of hydrogen-bond acceptors (Lipinski definition) is 5. The number of methoxy groups -OCH3 is 2. The molecule has 1 amide bonds. The largest absolute Gasteiger partial charge is 0.497 e. The summed E-state index contributed by atoms with van der Waals surface area (Å²) in [4.78, 5) is 21.4. The number of amides is 1. The zero-order valence-corrected chi connectivity index (χ0v) is 14.8. The van der Waals surface area contributed by atoms with Gasteiger partial charge in [0, 0.05) is 35.6 Å². The van der Waals surface area contributed by atoms with Gasteiger partial charge in [0.25, 0.3) is 5.91 Å². The van der Waals surface area contributed by atoms with Gasteiger partial charge in [0.15, 0.2) is 5.82 Å². The summed E-state index contributed by atoms with van der Waals surface area (Å²) in [5.74, 6) is 1.47. The first kappa shape index (κ1) is 17.4. The summed E-state index contributed by atoms with van der Waals surface area (Å²) < 4.78 is 10.4. The maximum Gasteiger partial charge on any atom is 0.259 e. The van der Waals surface area contributed by atoms with Gasteiger partial charge in [-0.2, -0.15) is 0 Å². The molecule has 0 saturated heterocycles. The van der Waals surface area contributed by atoms with Crippen LogP contribution in [-0.2, 0) is 0 Å². The van der Waals surface area contributed by atoms with Crippen LogP contribution in [0.2, 0.25) is 0 Å². The number of aromatic nitrogens is 2. The first-order valence-corrected chi connectivity index (χ1v) is 8.04. The van der Waals surface area contributed by atoms with Gasteiger partial charge < -0.3 is 14.8 Å². The first-order chi connectivity index (χ1) is 12.6. The standard InChI is InChI=1S/C20H19N3O3/c1-13-18(12-21-19(22-13)14-7-5-4-6-8-14)20(24)23-15-9-16(25-2)11-17(10-15)26-3/h4-12H,1-3H3,(H,23,24). The smallest absolute Gasteiger partial charge is 0.259 e. The van der Waals surface area contributed by atoms with Gasteiger partial charge in [-0.3, -0.25) is 4.79 Å². The van der Waals surface area contributed by atoms with Gasteiger partial charge in [0.2, 0.25) is 0 Å². The fourth-order valence-electron chi connectivity index (χ4n) is 2.49. The molecule has 0 radical (unpaired) electrons. The average molecular weight is 349 g/mol. The molecule has 0 fully saturated rings. The molecule has 3 aromatic rings. The number of carbonyl (C=O) groups excluding carboxylic acids is 1. The Labute approximate surface area is 151 Å². The number of ether oxygens (including phenoxy) is 2. The van der Waals surface area contributed by atoms with Crippen LogP contribution in [0.25, 0.3) is 11.4 Å². The Morgan fingerprint density at radius 2 is 1.65 bits per heavy atom. The van der Waals surface area contributed by atoms with Crippen LogP contribution in [0.5, 0.6) is 11.5 Å². The van der Waals surface area contributed by atoms with E-state index in [1.165, 1.54) is 6.20 Å². The van der Waals surface area contributed by atoms with Crippen molar-refractivity contribution in [3.05, 3.63) is 66.0 Å². The van der Waals surface area contributed by atoms with E-state index in [1.807, 2.05) is 30.3 Å². The van der Waals surface area contributed by atoms with Gasteiger partial charge in [0.1, 0.15) is 11.5 Å². The second-order valence-electron chi connectivity index (χ2n) is 5.61. The maximum absolute atomic E-state index is 12.6. The summed E-state index contributed by atoms with van der Waals surface area (Å²) in [6.07, 6.45) is 1.54. The Morgan fingerprint density at radius 3 is 2.23 bits per heavy atom. The summed E-state index contributed by atoms with van der Waals surface area (Å²) >= 11 is 0. The highest BCUT2D eigenvalue weighted by Crippen LogP contribution is 2.26. The summed E-state index contributed by atoms with van der Waals surface area (Å²) in [5.41, 5.74) is 2.48. The zero-order valence-electron chi connectivity index (χ0n) is 14.8. The molecule has 6 nitrogen and oxygen atoms in total. The molecule has 1 heterocycles. The molecular weight excluding hydrogens is 330 g/mol. The van der Waals surface area contributed by atoms with Crippen molar-refractivity contribution >= 4 is 11.6 Å². The Kier molecular flexibility index (Phi) is 5.12. The van der Waals surface area contributed by atoms with Crippen molar-refractivity contribution in [1.82, 2.24) is 9.97 Å². The molecule has 6 heteroatoms. The topological polar surface area (TPSA) is 73.3 Å².